The van der Waals surface area contributed by atoms with Gasteiger partial charge in [0, 0.05) is 18.3 Å². The molecule has 0 saturated heterocycles. The summed E-state index contributed by atoms with van der Waals surface area (Å²) in [5.74, 6) is 1.30. The van der Waals surface area contributed by atoms with Crippen molar-refractivity contribution >= 4 is 21.4 Å². The molecule has 0 radical (unpaired) electrons. The van der Waals surface area contributed by atoms with Gasteiger partial charge in [-0.1, -0.05) is 12.1 Å². The molecular weight excluding hydrogens is 276 g/mol. The highest BCUT2D eigenvalue weighted by atomic mass is 32.2. The van der Waals surface area contributed by atoms with Crippen molar-refractivity contribution in [1.82, 2.24) is 4.90 Å². The van der Waals surface area contributed by atoms with Crippen LogP contribution in [-0.4, -0.2) is 38.6 Å². The number of nitrogens with zero attached hydrogens (tertiary/aromatic N) is 2. The minimum Gasteiger partial charge on any atom is -0.497 e. The lowest BCUT2D eigenvalue weighted by Crippen LogP contribution is -2.37. The van der Waals surface area contributed by atoms with Crippen LogP contribution in [0.3, 0.4) is 0 Å². The lowest BCUT2D eigenvalue weighted by Gasteiger charge is -2.29. The third kappa shape index (κ3) is 2.34. The van der Waals surface area contributed by atoms with Crippen LogP contribution in [0.2, 0.25) is 0 Å². The predicted molar refractivity (Wildman–Crippen MR) is 78.0 cm³/mol. The smallest absolute Gasteiger partial charge is 0.256 e. The zero-order valence-electron chi connectivity index (χ0n) is 11.0. The van der Waals surface area contributed by atoms with Gasteiger partial charge >= 0.3 is 0 Å². The van der Waals surface area contributed by atoms with Gasteiger partial charge in [-0.05, 0) is 29.8 Å². The number of hydrogen-bond donors (Lipinski definition) is 0. The van der Waals surface area contributed by atoms with E-state index < -0.39 is 10.0 Å². The second kappa shape index (κ2) is 4.79. The Bertz CT molecular complexity index is 715. The van der Waals surface area contributed by atoms with Crippen molar-refractivity contribution in [3.63, 3.8) is 0 Å². The van der Waals surface area contributed by atoms with E-state index in [1.807, 2.05) is 47.5 Å². The fourth-order valence-corrected chi connectivity index (χ4v) is 3.20. The number of sulfonamides is 1. The van der Waals surface area contributed by atoms with Gasteiger partial charge in [-0.15, -0.1) is 4.40 Å². The van der Waals surface area contributed by atoms with Gasteiger partial charge < -0.3 is 9.64 Å². The van der Waals surface area contributed by atoms with Crippen molar-refractivity contribution in [3.05, 3.63) is 48.2 Å². The van der Waals surface area contributed by atoms with Gasteiger partial charge in [-0.3, -0.25) is 0 Å². The molecule has 5 nitrogen and oxygen atoms in total. The van der Waals surface area contributed by atoms with Crippen LogP contribution in [0, 0.1) is 0 Å². The normalized spacial score (nSPS) is 19.9. The molecule has 2 aliphatic heterocycles. The van der Waals surface area contributed by atoms with E-state index in [2.05, 4.69) is 4.40 Å². The summed E-state index contributed by atoms with van der Waals surface area (Å²) in [6, 6.07) is 7.48. The fraction of sp³-hybridized carbons (Fsp3) is 0.214. The maximum absolute atomic E-state index is 11.7. The summed E-state index contributed by atoms with van der Waals surface area (Å²) in [6.07, 6.45) is 5.62. The Hall–Kier alpha value is -2.08. The number of fused-ring (bicyclic) bond motifs is 1. The van der Waals surface area contributed by atoms with Crippen molar-refractivity contribution in [1.29, 1.82) is 0 Å². The van der Waals surface area contributed by atoms with Crippen molar-refractivity contribution in [2.24, 2.45) is 4.40 Å². The summed E-state index contributed by atoms with van der Waals surface area (Å²) >= 11 is 0. The fourth-order valence-electron chi connectivity index (χ4n) is 2.21. The van der Waals surface area contributed by atoms with E-state index in [0.29, 0.717) is 12.4 Å². The van der Waals surface area contributed by atoms with Gasteiger partial charge in [0.2, 0.25) is 0 Å². The maximum atomic E-state index is 11.7. The highest BCUT2D eigenvalue weighted by Gasteiger charge is 2.27. The minimum atomic E-state index is -3.36. The topological polar surface area (TPSA) is 59.0 Å². The first-order valence-corrected chi connectivity index (χ1v) is 7.82. The molecule has 0 bridgehead atoms. The molecule has 0 saturated carbocycles. The van der Waals surface area contributed by atoms with Crippen molar-refractivity contribution in [2.45, 2.75) is 0 Å². The maximum Gasteiger partial charge on any atom is 0.256 e. The first-order chi connectivity index (χ1) is 9.59. The Morgan fingerprint density at radius 2 is 2.00 bits per heavy atom. The largest absolute Gasteiger partial charge is 0.497 e. The van der Waals surface area contributed by atoms with Crippen LogP contribution >= 0.6 is 0 Å². The molecule has 0 N–H and O–H groups in total. The summed E-state index contributed by atoms with van der Waals surface area (Å²) in [6.45, 7) is 0.436. The summed E-state index contributed by atoms with van der Waals surface area (Å²) in [5.41, 5.74) is 1.72. The molecule has 1 aromatic rings. The van der Waals surface area contributed by atoms with Gasteiger partial charge in [0.25, 0.3) is 10.0 Å². The Labute approximate surface area is 117 Å². The van der Waals surface area contributed by atoms with Gasteiger partial charge in [-0.25, -0.2) is 8.42 Å². The third-order valence-corrected chi connectivity index (χ3v) is 4.41. The molecule has 2 aliphatic rings. The van der Waals surface area contributed by atoms with Crippen LogP contribution in [0.25, 0.3) is 5.57 Å². The molecule has 3 rings (SSSR count). The van der Waals surface area contributed by atoms with Crippen LogP contribution in [0.1, 0.15) is 5.56 Å². The quantitative estimate of drug-likeness (QED) is 0.831. The average molecular weight is 290 g/mol. The summed E-state index contributed by atoms with van der Waals surface area (Å²) in [5, 5.41) is 0. The monoisotopic (exact) mass is 290 g/mol. The molecule has 20 heavy (non-hydrogen) atoms. The standard InChI is InChI=1S/C14H14N2O3S/c1-19-12-6-4-11(5-7-12)13-3-2-8-16-9-10-20(17,18)15-14(13)16/h2-8H,9-10H2,1H3. The summed E-state index contributed by atoms with van der Waals surface area (Å²) < 4.78 is 32.4. The molecule has 0 spiro atoms. The van der Waals surface area contributed by atoms with Crippen molar-refractivity contribution in [3.8, 4) is 5.75 Å². The van der Waals surface area contributed by atoms with Gasteiger partial charge in [0.1, 0.15) is 5.75 Å². The van der Waals surface area contributed by atoms with Crippen LogP contribution in [0.15, 0.2) is 47.0 Å². The molecule has 0 fully saturated rings. The number of ether oxygens (including phenoxy) is 1. The highest BCUT2D eigenvalue weighted by molar-refractivity contribution is 7.90. The van der Waals surface area contributed by atoms with Crippen LogP contribution < -0.4 is 4.74 Å². The predicted octanol–water partition coefficient (Wildman–Crippen LogP) is 1.65. The molecule has 0 unspecified atom stereocenters. The number of rotatable bonds is 2. The van der Waals surface area contributed by atoms with Crippen molar-refractivity contribution in [2.75, 3.05) is 19.4 Å². The van der Waals surface area contributed by atoms with Crippen molar-refractivity contribution < 1.29 is 13.2 Å². The second-order valence-corrected chi connectivity index (χ2v) is 6.30. The van der Waals surface area contributed by atoms with Gasteiger partial charge in [-0.2, -0.15) is 0 Å². The molecule has 2 heterocycles. The van der Waals surface area contributed by atoms with E-state index in [1.165, 1.54) is 0 Å². The molecule has 0 amide bonds. The Morgan fingerprint density at radius 1 is 1.25 bits per heavy atom. The Kier molecular flexibility index (Phi) is 3.10. The zero-order valence-corrected chi connectivity index (χ0v) is 11.8. The second-order valence-electron chi connectivity index (χ2n) is 4.54. The zero-order chi connectivity index (χ0) is 14.2. The number of benzene rings is 1. The lowest BCUT2D eigenvalue weighted by atomic mass is 10.0. The number of hydrogen-bond acceptors (Lipinski definition) is 4. The lowest BCUT2D eigenvalue weighted by molar-refractivity contribution is 0.415. The number of methoxy groups -OCH3 is 1. The number of amidine groups is 1. The van der Waals surface area contributed by atoms with Crippen LogP contribution in [0.4, 0.5) is 0 Å². The number of allylic oxidation sites excluding steroid dienone is 2. The van der Waals surface area contributed by atoms with Crippen LogP contribution in [0.5, 0.6) is 5.75 Å². The minimum absolute atomic E-state index is 0.0523. The molecule has 104 valence electrons. The molecule has 0 atom stereocenters. The third-order valence-electron chi connectivity index (χ3n) is 3.26. The summed E-state index contributed by atoms with van der Waals surface area (Å²) in [7, 11) is -1.75. The first-order valence-electron chi connectivity index (χ1n) is 6.22. The molecule has 0 aromatic heterocycles. The van der Waals surface area contributed by atoms with E-state index in [-0.39, 0.29) is 5.75 Å². The van der Waals surface area contributed by atoms with E-state index in [9.17, 15) is 8.42 Å². The van der Waals surface area contributed by atoms with Gasteiger partial charge in [0.15, 0.2) is 5.84 Å². The Morgan fingerprint density at radius 3 is 2.70 bits per heavy atom. The van der Waals surface area contributed by atoms with Gasteiger partial charge in [0.05, 0.1) is 12.9 Å². The highest BCUT2D eigenvalue weighted by Crippen LogP contribution is 2.26. The molecule has 0 aliphatic carbocycles. The van der Waals surface area contributed by atoms with E-state index in [4.69, 9.17) is 4.74 Å². The first kappa shape index (κ1) is 12.9. The molecule has 6 heteroatoms. The average Bonchev–Trinajstić information content (AvgIpc) is 2.46. The van der Waals surface area contributed by atoms with E-state index >= 15 is 0 Å². The SMILES string of the molecule is COc1ccc(C2=CC=CN3CCS(=O)(=O)N=C23)cc1. The summed E-state index contributed by atoms with van der Waals surface area (Å²) in [4.78, 5) is 1.86. The molecule has 1 aromatic carbocycles. The molecular formula is C14H14N2O3S. The van der Waals surface area contributed by atoms with E-state index in [1.54, 1.807) is 7.11 Å². The van der Waals surface area contributed by atoms with Crippen LogP contribution in [-0.2, 0) is 10.0 Å². The Balaban J connectivity index is 2.05. The van der Waals surface area contributed by atoms with E-state index in [0.717, 1.165) is 16.9 Å².